The summed E-state index contributed by atoms with van der Waals surface area (Å²) in [6.07, 6.45) is 1.84. The SMILES string of the molecule is COc1ccc(-c2ccc(C(C)OC3CC(NC(=O)O)C3)nc2)cc1F. The van der Waals surface area contributed by atoms with Crippen LogP contribution in [0.5, 0.6) is 5.75 Å². The van der Waals surface area contributed by atoms with Crippen LogP contribution in [0.3, 0.4) is 0 Å². The van der Waals surface area contributed by atoms with Gasteiger partial charge in [0.05, 0.1) is 25.0 Å². The highest BCUT2D eigenvalue weighted by molar-refractivity contribution is 5.65. The standard InChI is InChI=1S/C19H21FN2O4/c1-11(26-15-8-14(9-15)22-19(23)24)17-5-3-13(10-21-17)12-4-6-18(25-2)16(20)7-12/h3-7,10-11,14-15,22H,8-9H2,1-2H3,(H,23,24). The number of rotatable bonds is 6. The fourth-order valence-electron chi connectivity index (χ4n) is 2.99. The number of carbonyl (C=O) groups is 1. The van der Waals surface area contributed by atoms with Crippen molar-refractivity contribution in [3.05, 3.63) is 48.0 Å². The zero-order chi connectivity index (χ0) is 18.7. The average molecular weight is 360 g/mol. The topological polar surface area (TPSA) is 80.7 Å². The van der Waals surface area contributed by atoms with Crippen molar-refractivity contribution >= 4 is 6.09 Å². The van der Waals surface area contributed by atoms with Crippen molar-refractivity contribution in [3.8, 4) is 16.9 Å². The van der Waals surface area contributed by atoms with Crippen LogP contribution in [0, 0.1) is 5.82 Å². The molecule has 0 spiro atoms. The minimum Gasteiger partial charge on any atom is -0.494 e. The van der Waals surface area contributed by atoms with Crippen molar-refractivity contribution in [2.75, 3.05) is 7.11 Å². The Hall–Kier alpha value is -2.67. The summed E-state index contributed by atoms with van der Waals surface area (Å²) in [5.74, 6) is -0.211. The Morgan fingerprint density at radius 3 is 2.62 bits per heavy atom. The minimum absolute atomic E-state index is 0.0269. The van der Waals surface area contributed by atoms with Gasteiger partial charge in [0.2, 0.25) is 0 Å². The first-order chi connectivity index (χ1) is 12.5. The number of nitrogens with zero attached hydrogens (tertiary/aromatic N) is 1. The highest BCUT2D eigenvalue weighted by atomic mass is 19.1. The molecule has 7 heteroatoms. The zero-order valence-electron chi connectivity index (χ0n) is 14.6. The molecule has 1 atom stereocenters. The Labute approximate surface area is 151 Å². The number of pyridine rings is 1. The summed E-state index contributed by atoms with van der Waals surface area (Å²) in [6.45, 7) is 1.91. The fourth-order valence-corrected chi connectivity index (χ4v) is 2.99. The molecule has 0 saturated heterocycles. The predicted molar refractivity (Wildman–Crippen MR) is 93.7 cm³/mol. The maximum absolute atomic E-state index is 13.8. The van der Waals surface area contributed by atoms with Gasteiger partial charge in [-0.25, -0.2) is 9.18 Å². The van der Waals surface area contributed by atoms with Gasteiger partial charge in [0.1, 0.15) is 0 Å². The highest BCUT2D eigenvalue weighted by Gasteiger charge is 2.32. The lowest BCUT2D eigenvalue weighted by Gasteiger charge is -2.36. The maximum Gasteiger partial charge on any atom is 0.404 e. The Balaban J connectivity index is 1.59. The highest BCUT2D eigenvalue weighted by Crippen LogP contribution is 2.30. The van der Waals surface area contributed by atoms with Crippen LogP contribution in [0.1, 0.15) is 31.6 Å². The Morgan fingerprint density at radius 2 is 2.04 bits per heavy atom. The molecule has 1 amide bonds. The van der Waals surface area contributed by atoms with Crippen molar-refractivity contribution in [1.29, 1.82) is 0 Å². The lowest BCUT2D eigenvalue weighted by molar-refractivity contribution is -0.0590. The molecule has 26 heavy (non-hydrogen) atoms. The largest absolute Gasteiger partial charge is 0.494 e. The second kappa shape index (κ2) is 7.70. The molecule has 1 fully saturated rings. The second-order valence-electron chi connectivity index (χ2n) is 6.34. The van der Waals surface area contributed by atoms with Gasteiger partial charge < -0.3 is 19.9 Å². The van der Waals surface area contributed by atoms with Gasteiger partial charge in [-0.3, -0.25) is 4.98 Å². The molecule has 2 aromatic rings. The summed E-state index contributed by atoms with van der Waals surface area (Å²) in [6, 6.07) is 8.47. The second-order valence-corrected chi connectivity index (χ2v) is 6.34. The Kier molecular flexibility index (Phi) is 5.37. The first kappa shape index (κ1) is 18.1. The van der Waals surface area contributed by atoms with Crippen LogP contribution >= 0.6 is 0 Å². The van der Waals surface area contributed by atoms with Crippen molar-refractivity contribution in [3.63, 3.8) is 0 Å². The number of aromatic nitrogens is 1. The molecule has 3 rings (SSSR count). The van der Waals surface area contributed by atoms with Gasteiger partial charge in [0.15, 0.2) is 11.6 Å². The normalized spacial score (nSPS) is 20.1. The van der Waals surface area contributed by atoms with Gasteiger partial charge in [0.25, 0.3) is 0 Å². The molecule has 6 nitrogen and oxygen atoms in total. The molecule has 138 valence electrons. The number of ether oxygens (including phenoxy) is 2. The van der Waals surface area contributed by atoms with Crippen LogP contribution in [-0.4, -0.2) is 35.4 Å². The van der Waals surface area contributed by atoms with Crippen molar-refractivity contribution in [2.24, 2.45) is 0 Å². The smallest absolute Gasteiger partial charge is 0.404 e. The summed E-state index contributed by atoms with van der Waals surface area (Å²) in [5, 5.41) is 11.1. The molecule has 1 saturated carbocycles. The summed E-state index contributed by atoms with van der Waals surface area (Å²) < 4.78 is 24.7. The lowest BCUT2D eigenvalue weighted by atomic mass is 9.89. The number of amides is 1. The molecular formula is C19H21FN2O4. The molecule has 0 bridgehead atoms. The molecule has 1 aromatic heterocycles. The molecule has 2 N–H and O–H groups in total. The van der Waals surface area contributed by atoms with E-state index in [1.807, 2.05) is 19.1 Å². The number of carboxylic acid groups (broad SMARTS) is 1. The van der Waals surface area contributed by atoms with Gasteiger partial charge in [0, 0.05) is 17.8 Å². The Bertz CT molecular complexity index is 776. The van der Waals surface area contributed by atoms with Crippen LogP contribution in [0.4, 0.5) is 9.18 Å². The van der Waals surface area contributed by atoms with E-state index in [1.165, 1.54) is 13.2 Å². The van der Waals surface area contributed by atoms with Crippen molar-refractivity contribution in [2.45, 2.75) is 38.0 Å². The molecule has 1 aliphatic rings. The molecule has 1 aromatic carbocycles. The molecular weight excluding hydrogens is 339 g/mol. The number of hydrogen-bond acceptors (Lipinski definition) is 4. The number of nitrogens with one attached hydrogen (secondary N) is 1. The van der Waals surface area contributed by atoms with Gasteiger partial charge in [-0.05, 0) is 43.5 Å². The van der Waals surface area contributed by atoms with Gasteiger partial charge in [-0.15, -0.1) is 0 Å². The van der Waals surface area contributed by atoms with E-state index in [1.54, 1.807) is 18.3 Å². The lowest BCUT2D eigenvalue weighted by Crippen LogP contribution is -2.47. The molecule has 1 aliphatic carbocycles. The maximum atomic E-state index is 13.8. The monoisotopic (exact) mass is 360 g/mol. The van der Waals surface area contributed by atoms with Crippen LogP contribution in [0.25, 0.3) is 11.1 Å². The van der Waals surface area contributed by atoms with Crippen molar-refractivity contribution < 1.29 is 23.8 Å². The summed E-state index contributed by atoms with van der Waals surface area (Å²) >= 11 is 0. The molecule has 1 heterocycles. The quantitative estimate of drug-likeness (QED) is 0.820. The van der Waals surface area contributed by atoms with Gasteiger partial charge in [-0.1, -0.05) is 12.1 Å². The predicted octanol–water partition coefficient (Wildman–Crippen LogP) is 3.77. The molecule has 0 aliphatic heterocycles. The number of halogens is 1. The van der Waals surface area contributed by atoms with Gasteiger partial charge >= 0.3 is 6.09 Å². The third-order valence-corrected chi connectivity index (χ3v) is 4.51. The number of methoxy groups -OCH3 is 1. The van der Waals surface area contributed by atoms with Crippen LogP contribution in [-0.2, 0) is 4.74 Å². The Morgan fingerprint density at radius 1 is 1.31 bits per heavy atom. The average Bonchev–Trinajstić information content (AvgIpc) is 2.59. The number of benzene rings is 1. The van der Waals surface area contributed by atoms with Gasteiger partial charge in [-0.2, -0.15) is 0 Å². The third kappa shape index (κ3) is 4.11. The minimum atomic E-state index is -1.01. The molecule has 0 radical (unpaired) electrons. The summed E-state index contributed by atoms with van der Waals surface area (Å²) in [7, 11) is 1.43. The first-order valence-corrected chi connectivity index (χ1v) is 8.41. The van der Waals surface area contributed by atoms with Crippen LogP contribution in [0.15, 0.2) is 36.5 Å². The van der Waals surface area contributed by atoms with Crippen LogP contribution < -0.4 is 10.1 Å². The molecule has 1 unspecified atom stereocenters. The van der Waals surface area contributed by atoms with E-state index >= 15 is 0 Å². The van der Waals surface area contributed by atoms with E-state index in [0.717, 1.165) is 16.8 Å². The van der Waals surface area contributed by atoms with Crippen molar-refractivity contribution in [1.82, 2.24) is 10.3 Å². The van der Waals surface area contributed by atoms with E-state index in [9.17, 15) is 9.18 Å². The summed E-state index contributed by atoms with van der Waals surface area (Å²) in [5.41, 5.74) is 2.30. The van der Waals surface area contributed by atoms with E-state index in [0.29, 0.717) is 12.8 Å². The zero-order valence-corrected chi connectivity index (χ0v) is 14.6. The van der Waals surface area contributed by atoms with Crippen LogP contribution in [0.2, 0.25) is 0 Å². The van der Waals surface area contributed by atoms with E-state index < -0.39 is 11.9 Å². The third-order valence-electron chi connectivity index (χ3n) is 4.51. The summed E-state index contributed by atoms with van der Waals surface area (Å²) in [4.78, 5) is 15.0. The van der Waals surface area contributed by atoms with E-state index in [4.69, 9.17) is 14.6 Å². The fraction of sp³-hybridized carbons (Fsp3) is 0.368. The van der Waals surface area contributed by atoms with E-state index in [2.05, 4.69) is 10.3 Å². The van der Waals surface area contributed by atoms with E-state index in [-0.39, 0.29) is 24.0 Å². The number of hydrogen-bond donors (Lipinski definition) is 2. The first-order valence-electron chi connectivity index (χ1n) is 8.41.